The van der Waals surface area contributed by atoms with Crippen LogP contribution in [-0.4, -0.2) is 29.7 Å². The molecular weight excluding hydrogens is 256 g/mol. The lowest BCUT2D eigenvalue weighted by molar-refractivity contribution is 0.426. The zero-order chi connectivity index (χ0) is 10.9. The van der Waals surface area contributed by atoms with Crippen molar-refractivity contribution in [3.8, 4) is 0 Å². The molecule has 4 nitrogen and oxygen atoms in total. The first-order valence-corrected chi connectivity index (χ1v) is 8.10. The summed E-state index contributed by atoms with van der Waals surface area (Å²) in [4.78, 5) is 0.0855. The molecule has 2 rings (SSSR count). The van der Waals surface area contributed by atoms with Crippen LogP contribution in [0.4, 0.5) is 0 Å². The monoisotopic (exact) mass is 266 g/mol. The molecule has 1 aliphatic rings. The van der Waals surface area contributed by atoms with Crippen LogP contribution >= 0.6 is 22.4 Å². The maximum absolute atomic E-state index is 11.0. The van der Waals surface area contributed by atoms with Crippen LogP contribution in [0, 0.1) is 0 Å². The van der Waals surface area contributed by atoms with Gasteiger partial charge in [-0.1, -0.05) is 0 Å². The van der Waals surface area contributed by atoms with E-state index < -0.39 is 9.05 Å². The molecular formula is C8H11ClN2O2S2. The van der Waals surface area contributed by atoms with Crippen molar-refractivity contribution in [2.45, 2.75) is 23.8 Å². The molecule has 1 fully saturated rings. The summed E-state index contributed by atoms with van der Waals surface area (Å²) in [6, 6.07) is 0.318. The van der Waals surface area contributed by atoms with Crippen LogP contribution in [0.5, 0.6) is 0 Å². The fourth-order valence-corrected chi connectivity index (χ4v) is 3.32. The summed E-state index contributed by atoms with van der Waals surface area (Å²) < 4.78 is 23.8. The van der Waals surface area contributed by atoms with E-state index in [9.17, 15) is 8.42 Å². The van der Waals surface area contributed by atoms with E-state index in [2.05, 4.69) is 5.10 Å². The van der Waals surface area contributed by atoms with E-state index in [1.165, 1.54) is 12.4 Å². The quantitative estimate of drug-likeness (QED) is 0.767. The second kappa shape index (κ2) is 4.35. The average Bonchev–Trinajstić information content (AvgIpc) is 2.67. The molecule has 0 radical (unpaired) electrons. The van der Waals surface area contributed by atoms with Gasteiger partial charge in [0, 0.05) is 16.9 Å². The Morgan fingerprint density at radius 2 is 2.13 bits per heavy atom. The van der Waals surface area contributed by atoms with E-state index in [4.69, 9.17) is 10.7 Å². The molecule has 0 atom stereocenters. The largest absolute Gasteiger partial charge is 0.268 e. The average molecular weight is 267 g/mol. The molecule has 2 heterocycles. The molecule has 1 aliphatic heterocycles. The van der Waals surface area contributed by atoms with Gasteiger partial charge in [-0.05, 0) is 24.3 Å². The Bertz CT molecular complexity index is 437. The van der Waals surface area contributed by atoms with Crippen molar-refractivity contribution in [1.29, 1.82) is 0 Å². The lowest BCUT2D eigenvalue weighted by Gasteiger charge is -2.21. The van der Waals surface area contributed by atoms with Crippen LogP contribution in [0.1, 0.15) is 18.9 Å². The van der Waals surface area contributed by atoms with Gasteiger partial charge >= 0.3 is 0 Å². The summed E-state index contributed by atoms with van der Waals surface area (Å²) in [5.41, 5.74) is 0. The lowest BCUT2D eigenvalue weighted by atomic mass is 10.2. The minimum absolute atomic E-state index is 0.0855. The second-order valence-electron chi connectivity index (χ2n) is 3.44. The van der Waals surface area contributed by atoms with Gasteiger partial charge in [0.05, 0.1) is 12.2 Å². The van der Waals surface area contributed by atoms with Gasteiger partial charge < -0.3 is 0 Å². The van der Waals surface area contributed by atoms with E-state index in [0.29, 0.717) is 6.04 Å². The number of thioether (sulfide) groups is 1. The highest BCUT2D eigenvalue weighted by Gasteiger charge is 2.19. The van der Waals surface area contributed by atoms with Crippen molar-refractivity contribution in [2.75, 3.05) is 11.5 Å². The van der Waals surface area contributed by atoms with Gasteiger partial charge in [-0.15, -0.1) is 0 Å². The highest BCUT2D eigenvalue weighted by Crippen LogP contribution is 2.27. The smallest absolute Gasteiger partial charge is 0.264 e. The summed E-state index contributed by atoms with van der Waals surface area (Å²) >= 11 is 1.92. The van der Waals surface area contributed by atoms with Crippen molar-refractivity contribution >= 4 is 31.5 Å². The Balaban J connectivity index is 2.19. The van der Waals surface area contributed by atoms with Crippen LogP contribution in [-0.2, 0) is 9.05 Å². The number of aromatic nitrogens is 2. The summed E-state index contributed by atoms with van der Waals surface area (Å²) in [5.74, 6) is 2.21. The van der Waals surface area contributed by atoms with E-state index >= 15 is 0 Å². The third-order valence-electron chi connectivity index (χ3n) is 2.42. The number of rotatable bonds is 2. The normalized spacial score (nSPS) is 19.3. The summed E-state index contributed by atoms with van der Waals surface area (Å²) in [5, 5.41) is 4.05. The summed E-state index contributed by atoms with van der Waals surface area (Å²) in [6.07, 6.45) is 4.90. The number of nitrogens with zero attached hydrogens (tertiary/aromatic N) is 2. The Morgan fingerprint density at radius 3 is 2.67 bits per heavy atom. The molecule has 1 aromatic rings. The minimum Gasteiger partial charge on any atom is -0.268 e. The van der Waals surface area contributed by atoms with E-state index in [1.54, 1.807) is 4.68 Å². The highest BCUT2D eigenvalue weighted by atomic mass is 35.7. The van der Waals surface area contributed by atoms with Gasteiger partial charge in [0.25, 0.3) is 9.05 Å². The maximum atomic E-state index is 11.0. The number of hydrogen-bond donors (Lipinski definition) is 0. The Labute approximate surface area is 97.4 Å². The standard InChI is InChI=1S/C8H11ClN2O2S2/c9-15(12,13)8-5-10-11(6-8)7-1-3-14-4-2-7/h5-7H,1-4H2. The lowest BCUT2D eigenvalue weighted by Crippen LogP contribution is -2.15. The second-order valence-corrected chi connectivity index (χ2v) is 7.23. The zero-order valence-electron chi connectivity index (χ0n) is 7.97. The van der Waals surface area contributed by atoms with Crippen molar-refractivity contribution in [3.63, 3.8) is 0 Å². The molecule has 0 aliphatic carbocycles. The molecule has 0 amide bonds. The number of halogens is 1. The van der Waals surface area contributed by atoms with Gasteiger partial charge in [-0.25, -0.2) is 8.42 Å². The van der Waals surface area contributed by atoms with E-state index in [0.717, 1.165) is 24.3 Å². The molecule has 0 aromatic carbocycles. The van der Waals surface area contributed by atoms with Crippen LogP contribution in [0.2, 0.25) is 0 Å². The fourth-order valence-electron chi connectivity index (χ4n) is 1.60. The third kappa shape index (κ3) is 2.68. The van der Waals surface area contributed by atoms with Crippen LogP contribution < -0.4 is 0 Å². The zero-order valence-corrected chi connectivity index (χ0v) is 10.4. The van der Waals surface area contributed by atoms with Crippen molar-refractivity contribution in [2.24, 2.45) is 0 Å². The Kier molecular flexibility index (Phi) is 3.27. The first kappa shape index (κ1) is 11.3. The molecule has 15 heavy (non-hydrogen) atoms. The van der Waals surface area contributed by atoms with E-state index in [-0.39, 0.29) is 4.90 Å². The maximum Gasteiger partial charge on any atom is 0.264 e. The van der Waals surface area contributed by atoms with Gasteiger partial charge in [0.2, 0.25) is 0 Å². The predicted octanol–water partition coefficient (Wildman–Crippen LogP) is 1.88. The summed E-state index contributed by atoms with van der Waals surface area (Å²) in [7, 11) is 1.59. The predicted molar refractivity (Wildman–Crippen MR) is 60.9 cm³/mol. The molecule has 0 N–H and O–H groups in total. The van der Waals surface area contributed by atoms with Crippen molar-refractivity contribution in [3.05, 3.63) is 12.4 Å². The molecule has 0 unspecified atom stereocenters. The van der Waals surface area contributed by atoms with Crippen molar-refractivity contribution in [1.82, 2.24) is 9.78 Å². The molecule has 7 heteroatoms. The van der Waals surface area contributed by atoms with Gasteiger partial charge in [-0.2, -0.15) is 16.9 Å². The molecule has 84 valence electrons. The molecule has 0 spiro atoms. The Morgan fingerprint density at radius 1 is 1.47 bits per heavy atom. The van der Waals surface area contributed by atoms with Gasteiger partial charge in [0.15, 0.2) is 0 Å². The molecule has 0 saturated carbocycles. The molecule has 1 aromatic heterocycles. The van der Waals surface area contributed by atoms with Crippen LogP contribution in [0.15, 0.2) is 17.3 Å². The van der Waals surface area contributed by atoms with Crippen LogP contribution in [0.25, 0.3) is 0 Å². The topological polar surface area (TPSA) is 52.0 Å². The fraction of sp³-hybridized carbons (Fsp3) is 0.625. The number of hydrogen-bond acceptors (Lipinski definition) is 4. The van der Waals surface area contributed by atoms with Gasteiger partial charge in [-0.3, -0.25) is 4.68 Å². The molecule has 1 saturated heterocycles. The SMILES string of the molecule is O=S(=O)(Cl)c1cnn(C2CCSCC2)c1. The Hall–Kier alpha value is -0.200. The van der Waals surface area contributed by atoms with Crippen molar-refractivity contribution < 1.29 is 8.42 Å². The third-order valence-corrected chi connectivity index (χ3v) is 4.78. The summed E-state index contributed by atoms with van der Waals surface area (Å²) in [6.45, 7) is 0. The minimum atomic E-state index is -3.64. The first-order chi connectivity index (χ1) is 7.07. The highest BCUT2D eigenvalue weighted by molar-refractivity contribution is 8.13. The van der Waals surface area contributed by atoms with Crippen LogP contribution in [0.3, 0.4) is 0 Å². The van der Waals surface area contributed by atoms with Gasteiger partial charge in [0.1, 0.15) is 4.90 Å². The van der Waals surface area contributed by atoms with E-state index in [1.807, 2.05) is 11.8 Å². The first-order valence-electron chi connectivity index (χ1n) is 4.64. The molecule has 0 bridgehead atoms.